The van der Waals surface area contributed by atoms with Crippen molar-refractivity contribution in [3.8, 4) is 0 Å². The van der Waals surface area contributed by atoms with Crippen molar-refractivity contribution in [2.75, 3.05) is 5.33 Å². The molecule has 0 unspecified atom stereocenters. The molecule has 0 rings (SSSR count). The minimum absolute atomic E-state index is 0.282. The third-order valence-corrected chi connectivity index (χ3v) is 2.13. The van der Waals surface area contributed by atoms with Gasteiger partial charge in [0.15, 0.2) is 0 Å². The SMILES string of the molecule is CCC(CC)C(=O)CBr. The fraction of sp³-hybridized carbons (Fsp3) is 0.857. The first-order valence-electron chi connectivity index (χ1n) is 3.34. The lowest BCUT2D eigenvalue weighted by molar-refractivity contribution is -0.120. The van der Waals surface area contributed by atoms with Crippen molar-refractivity contribution in [2.24, 2.45) is 5.92 Å². The van der Waals surface area contributed by atoms with Crippen molar-refractivity contribution in [3.63, 3.8) is 0 Å². The fourth-order valence-electron chi connectivity index (χ4n) is 0.853. The Hall–Kier alpha value is 0.150. The topological polar surface area (TPSA) is 17.1 Å². The van der Waals surface area contributed by atoms with Crippen LogP contribution >= 0.6 is 15.9 Å². The van der Waals surface area contributed by atoms with Gasteiger partial charge >= 0.3 is 0 Å². The van der Waals surface area contributed by atoms with Crippen LogP contribution in [0.15, 0.2) is 0 Å². The van der Waals surface area contributed by atoms with Crippen LogP contribution < -0.4 is 0 Å². The van der Waals surface area contributed by atoms with Gasteiger partial charge in [0, 0.05) is 5.92 Å². The van der Waals surface area contributed by atoms with Crippen molar-refractivity contribution >= 4 is 21.7 Å². The van der Waals surface area contributed by atoms with E-state index in [1.54, 1.807) is 0 Å². The highest BCUT2D eigenvalue weighted by atomic mass is 79.9. The predicted octanol–water partition coefficient (Wildman–Crippen LogP) is 2.39. The molecule has 54 valence electrons. The normalized spacial score (nSPS) is 10.2. The summed E-state index contributed by atoms with van der Waals surface area (Å²) in [4.78, 5) is 10.9. The molecule has 0 aliphatic carbocycles. The zero-order valence-electron chi connectivity index (χ0n) is 5.98. The molecule has 2 heteroatoms. The number of ketones is 1. The highest BCUT2D eigenvalue weighted by Gasteiger charge is 2.11. The van der Waals surface area contributed by atoms with E-state index in [0.29, 0.717) is 11.1 Å². The van der Waals surface area contributed by atoms with Crippen LogP contribution in [0.5, 0.6) is 0 Å². The lowest BCUT2D eigenvalue weighted by Crippen LogP contribution is -2.13. The van der Waals surface area contributed by atoms with Crippen LogP contribution in [0.3, 0.4) is 0 Å². The van der Waals surface area contributed by atoms with E-state index >= 15 is 0 Å². The van der Waals surface area contributed by atoms with Crippen LogP contribution in [0.4, 0.5) is 0 Å². The van der Waals surface area contributed by atoms with E-state index in [2.05, 4.69) is 29.8 Å². The van der Waals surface area contributed by atoms with Crippen LogP contribution in [0.1, 0.15) is 26.7 Å². The van der Waals surface area contributed by atoms with Crippen molar-refractivity contribution in [3.05, 3.63) is 0 Å². The summed E-state index contributed by atoms with van der Waals surface area (Å²) in [6.07, 6.45) is 1.95. The second-order valence-electron chi connectivity index (χ2n) is 2.11. The Balaban J connectivity index is 3.64. The van der Waals surface area contributed by atoms with Crippen LogP contribution in [0.2, 0.25) is 0 Å². The largest absolute Gasteiger partial charge is 0.298 e. The van der Waals surface area contributed by atoms with E-state index in [1.807, 2.05) is 0 Å². The van der Waals surface area contributed by atoms with Gasteiger partial charge in [0.1, 0.15) is 5.78 Å². The average molecular weight is 193 g/mol. The molecule has 9 heavy (non-hydrogen) atoms. The van der Waals surface area contributed by atoms with Gasteiger partial charge in [-0.3, -0.25) is 4.79 Å². The first-order valence-corrected chi connectivity index (χ1v) is 4.47. The molecule has 0 heterocycles. The minimum atomic E-state index is 0.282. The molecule has 0 aliphatic heterocycles. The van der Waals surface area contributed by atoms with Gasteiger partial charge in [-0.2, -0.15) is 0 Å². The highest BCUT2D eigenvalue weighted by Crippen LogP contribution is 2.09. The van der Waals surface area contributed by atoms with E-state index in [9.17, 15) is 4.79 Å². The molecule has 0 radical (unpaired) electrons. The van der Waals surface area contributed by atoms with E-state index in [1.165, 1.54) is 0 Å². The molecular formula is C7H13BrO. The standard InChI is InChI=1S/C7H13BrO/c1-3-6(4-2)7(9)5-8/h6H,3-5H2,1-2H3. The van der Waals surface area contributed by atoms with Crippen molar-refractivity contribution < 1.29 is 4.79 Å². The second-order valence-corrected chi connectivity index (χ2v) is 2.67. The van der Waals surface area contributed by atoms with Crippen molar-refractivity contribution in [2.45, 2.75) is 26.7 Å². The summed E-state index contributed by atoms with van der Waals surface area (Å²) >= 11 is 3.15. The van der Waals surface area contributed by atoms with Crippen molar-refractivity contribution in [1.82, 2.24) is 0 Å². The molecular weight excluding hydrogens is 180 g/mol. The third kappa shape index (κ3) is 2.99. The van der Waals surface area contributed by atoms with Crippen molar-refractivity contribution in [1.29, 1.82) is 0 Å². The van der Waals surface area contributed by atoms with Gasteiger partial charge in [0.25, 0.3) is 0 Å². The number of alkyl halides is 1. The second kappa shape index (κ2) is 4.98. The van der Waals surface area contributed by atoms with Crippen LogP contribution in [-0.4, -0.2) is 11.1 Å². The Morgan fingerprint density at radius 1 is 1.44 bits per heavy atom. The average Bonchev–Trinajstić information content (AvgIpc) is 1.90. The molecule has 0 saturated heterocycles. The van der Waals surface area contributed by atoms with Gasteiger partial charge in [-0.05, 0) is 12.8 Å². The summed E-state index contributed by atoms with van der Waals surface area (Å²) in [6, 6.07) is 0. The van der Waals surface area contributed by atoms with Crippen LogP contribution in [-0.2, 0) is 4.79 Å². The third-order valence-electron chi connectivity index (χ3n) is 1.57. The maximum atomic E-state index is 10.9. The molecule has 0 saturated carbocycles. The van der Waals surface area contributed by atoms with E-state index in [-0.39, 0.29) is 5.92 Å². The van der Waals surface area contributed by atoms with Gasteiger partial charge in [-0.15, -0.1) is 0 Å². The number of hydrogen-bond acceptors (Lipinski definition) is 1. The summed E-state index contributed by atoms with van der Waals surface area (Å²) in [6.45, 7) is 4.10. The minimum Gasteiger partial charge on any atom is -0.298 e. The smallest absolute Gasteiger partial charge is 0.146 e. The highest BCUT2D eigenvalue weighted by molar-refractivity contribution is 9.09. The maximum absolute atomic E-state index is 10.9. The number of carbonyl (C=O) groups is 1. The molecule has 0 bridgehead atoms. The Bertz CT molecular complexity index is 86.9. The molecule has 0 N–H and O–H groups in total. The van der Waals surface area contributed by atoms with E-state index < -0.39 is 0 Å². The molecule has 0 amide bonds. The number of halogens is 1. The lowest BCUT2D eigenvalue weighted by atomic mass is 10.00. The van der Waals surface area contributed by atoms with Gasteiger partial charge in [-0.1, -0.05) is 29.8 Å². The van der Waals surface area contributed by atoms with Gasteiger partial charge < -0.3 is 0 Å². The summed E-state index contributed by atoms with van der Waals surface area (Å²) in [5, 5.41) is 0.513. The monoisotopic (exact) mass is 192 g/mol. The van der Waals surface area contributed by atoms with E-state index in [0.717, 1.165) is 12.8 Å². The molecule has 0 aromatic rings. The summed E-state index contributed by atoms with van der Waals surface area (Å²) in [5.41, 5.74) is 0. The molecule has 0 fully saturated rings. The lowest BCUT2D eigenvalue weighted by Gasteiger charge is -2.06. The molecule has 0 aromatic heterocycles. The number of rotatable bonds is 4. The van der Waals surface area contributed by atoms with Gasteiger partial charge in [0.2, 0.25) is 0 Å². The zero-order valence-corrected chi connectivity index (χ0v) is 7.57. The van der Waals surface area contributed by atoms with Gasteiger partial charge in [-0.25, -0.2) is 0 Å². The van der Waals surface area contributed by atoms with Crippen LogP contribution in [0.25, 0.3) is 0 Å². The summed E-state index contributed by atoms with van der Waals surface area (Å²) < 4.78 is 0. The summed E-state index contributed by atoms with van der Waals surface area (Å²) in [7, 11) is 0. The molecule has 0 aliphatic rings. The Kier molecular flexibility index (Phi) is 5.06. The molecule has 0 atom stereocenters. The molecule has 1 nitrogen and oxygen atoms in total. The Morgan fingerprint density at radius 3 is 2.00 bits per heavy atom. The maximum Gasteiger partial charge on any atom is 0.146 e. The molecule has 0 aromatic carbocycles. The summed E-state index contributed by atoms with van der Waals surface area (Å²) in [5.74, 6) is 0.615. The van der Waals surface area contributed by atoms with E-state index in [4.69, 9.17) is 0 Å². The number of hydrogen-bond donors (Lipinski definition) is 0. The van der Waals surface area contributed by atoms with Gasteiger partial charge in [0.05, 0.1) is 5.33 Å². The molecule has 0 spiro atoms. The first kappa shape index (κ1) is 9.15. The number of Topliss-reactive ketones (excluding diaryl/α,β-unsaturated/α-hetero) is 1. The number of carbonyl (C=O) groups excluding carboxylic acids is 1. The Labute approximate surface area is 65.0 Å². The first-order chi connectivity index (χ1) is 4.26. The predicted molar refractivity (Wildman–Crippen MR) is 42.9 cm³/mol. The quantitative estimate of drug-likeness (QED) is 0.626. The fourth-order valence-corrected chi connectivity index (χ4v) is 1.31. The van der Waals surface area contributed by atoms with Crippen LogP contribution in [0, 0.1) is 5.92 Å². The Morgan fingerprint density at radius 2 is 1.89 bits per heavy atom. The zero-order chi connectivity index (χ0) is 7.28.